The Kier molecular flexibility index (Phi) is 2.43. The molecule has 0 bridgehead atoms. The van der Waals surface area contributed by atoms with Gasteiger partial charge >= 0.3 is 7.60 Å². The van der Waals surface area contributed by atoms with E-state index in [4.69, 9.17) is 14.7 Å². The van der Waals surface area contributed by atoms with Crippen molar-refractivity contribution < 1.29 is 34.0 Å². The van der Waals surface area contributed by atoms with E-state index < -0.39 is 44.5 Å². The van der Waals surface area contributed by atoms with Crippen molar-refractivity contribution in [1.29, 1.82) is 0 Å². The molecule has 14 heavy (non-hydrogen) atoms. The van der Waals surface area contributed by atoms with E-state index in [9.17, 15) is 14.8 Å². The Labute approximate surface area is 79.4 Å². The van der Waals surface area contributed by atoms with Gasteiger partial charge in [-0.05, 0) is 0 Å². The molecule has 2 fully saturated rings. The van der Waals surface area contributed by atoms with Gasteiger partial charge in [0.05, 0.1) is 6.61 Å². The molecule has 2 saturated heterocycles. The third-order valence-corrected chi connectivity index (χ3v) is 4.04. The number of fused-ring (bicyclic) bond motifs is 1. The van der Waals surface area contributed by atoms with Crippen LogP contribution in [0.1, 0.15) is 0 Å². The van der Waals surface area contributed by atoms with Gasteiger partial charge in [0, 0.05) is 0 Å². The zero-order valence-electron chi connectivity index (χ0n) is 7.05. The summed E-state index contributed by atoms with van der Waals surface area (Å²) in [6, 6.07) is 0. The van der Waals surface area contributed by atoms with E-state index in [1.807, 2.05) is 0 Å². The van der Waals surface area contributed by atoms with Gasteiger partial charge in [-0.25, -0.2) is 0 Å². The molecule has 0 amide bonds. The molecule has 7 nitrogen and oxygen atoms in total. The molecule has 0 aliphatic carbocycles. The van der Waals surface area contributed by atoms with Crippen LogP contribution in [-0.4, -0.2) is 57.1 Å². The number of ether oxygens (including phenoxy) is 1. The average Bonchev–Trinajstić information content (AvgIpc) is 2.12. The predicted molar refractivity (Wildman–Crippen MR) is 42.5 cm³/mol. The lowest BCUT2D eigenvalue weighted by atomic mass is 10.0. The van der Waals surface area contributed by atoms with Crippen LogP contribution in [0, 0.1) is 0 Å². The Balaban J connectivity index is 2.15. The van der Waals surface area contributed by atoms with Crippen LogP contribution in [0.2, 0.25) is 0 Å². The number of rotatable bonds is 1. The Morgan fingerprint density at radius 1 is 1.29 bits per heavy atom. The first-order chi connectivity index (χ1) is 6.47. The summed E-state index contributed by atoms with van der Waals surface area (Å²) in [5.74, 6) is -1.14. The fraction of sp³-hybridized carbons (Fsp3) is 1.00. The average molecular weight is 226 g/mol. The van der Waals surface area contributed by atoms with Gasteiger partial charge in [0.25, 0.3) is 0 Å². The van der Waals surface area contributed by atoms with Crippen molar-refractivity contribution in [3.63, 3.8) is 0 Å². The van der Waals surface area contributed by atoms with Gasteiger partial charge < -0.3 is 24.9 Å². The maximum Gasteiger partial charge on any atom is 0.359 e. The first kappa shape index (κ1) is 10.5. The summed E-state index contributed by atoms with van der Waals surface area (Å²) in [5.41, 5.74) is 0. The van der Waals surface area contributed by atoms with Crippen LogP contribution in [0.15, 0.2) is 0 Å². The molecular formula is C6H11O7P. The Morgan fingerprint density at radius 2 is 1.93 bits per heavy atom. The molecule has 2 heterocycles. The van der Waals surface area contributed by atoms with E-state index in [-0.39, 0.29) is 0 Å². The van der Waals surface area contributed by atoms with Crippen molar-refractivity contribution >= 4 is 7.60 Å². The van der Waals surface area contributed by atoms with Gasteiger partial charge in [-0.3, -0.25) is 9.09 Å². The van der Waals surface area contributed by atoms with Gasteiger partial charge in [0.1, 0.15) is 24.4 Å². The predicted octanol–water partition coefficient (Wildman–Crippen LogP) is -1.99. The summed E-state index contributed by atoms with van der Waals surface area (Å²) in [4.78, 5) is 9.06. The Morgan fingerprint density at radius 3 is 2.43 bits per heavy atom. The largest absolute Gasteiger partial charge is 0.394 e. The molecule has 8 heteroatoms. The lowest BCUT2D eigenvalue weighted by Crippen LogP contribution is -2.63. The van der Waals surface area contributed by atoms with E-state index in [1.165, 1.54) is 0 Å². The highest BCUT2D eigenvalue weighted by molar-refractivity contribution is 7.54. The Bertz CT molecular complexity index is 279. The second-order valence-electron chi connectivity index (χ2n) is 3.36. The summed E-state index contributed by atoms with van der Waals surface area (Å²) in [6.45, 7) is -0.526. The number of hydrogen-bond donors (Lipinski definition) is 4. The van der Waals surface area contributed by atoms with E-state index in [1.54, 1.807) is 0 Å². The lowest BCUT2D eigenvalue weighted by Gasteiger charge is -2.49. The number of aliphatic hydroxyl groups is 3. The van der Waals surface area contributed by atoms with Crippen molar-refractivity contribution in [2.24, 2.45) is 0 Å². The van der Waals surface area contributed by atoms with Crippen molar-refractivity contribution in [1.82, 2.24) is 0 Å². The van der Waals surface area contributed by atoms with Gasteiger partial charge in [-0.15, -0.1) is 0 Å². The summed E-state index contributed by atoms with van der Waals surface area (Å²) in [6.07, 6.45) is -4.64. The number of hydrogen-bond acceptors (Lipinski definition) is 6. The highest BCUT2D eigenvalue weighted by Gasteiger charge is 2.62. The minimum Gasteiger partial charge on any atom is -0.394 e. The molecule has 6 atom stereocenters. The molecule has 1 unspecified atom stereocenters. The molecule has 0 radical (unpaired) electrons. The molecular weight excluding hydrogens is 215 g/mol. The van der Waals surface area contributed by atoms with Gasteiger partial charge in [-0.1, -0.05) is 0 Å². The highest BCUT2D eigenvalue weighted by Crippen LogP contribution is 2.63. The Hall–Kier alpha value is -0.0100. The zero-order valence-corrected chi connectivity index (χ0v) is 7.95. The van der Waals surface area contributed by atoms with Crippen LogP contribution in [0.25, 0.3) is 0 Å². The standard InChI is InChI=1S/C6H11O7P/c7-1-2-3(8)4(9)5-6(12-2)14(10,11)13-5/h2-9H,1H2,(H,10,11)/t2-,3+,4+,5-,6-/m1/s1. The first-order valence-corrected chi connectivity index (χ1v) is 5.75. The molecule has 0 spiro atoms. The lowest BCUT2D eigenvalue weighted by molar-refractivity contribution is -0.231. The topological polar surface area (TPSA) is 116 Å². The molecule has 0 aromatic rings. The third-order valence-electron chi connectivity index (χ3n) is 2.44. The van der Waals surface area contributed by atoms with Crippen LogP contribution in [0.4, 0.5) is 0 Å². The van der Waals surface area contributed by atoms with Crippen LogP contribution < -0.4 is 0 Å². The minimum atomic E-state index is -3.82. The molecule has 0 aromatic heterocycles. The van der Waals surface area contributed by atoms with Crippen LogP contribution >= 0.6 is 7.60 Å². The summed E-state index contributed by atoms with van der Waals surface area (Å²) >= 11 is 0. The van der Waals surface area contributed by atoms with Crippen molar-refractivity contribution in [3.05, 3.63) is 0 Å². The summed E-state index contributed by atoms with van der Waals surface area (Å²) in [5, 5.41) is 27.5. The molecule has 0 aromatic carbocycles. The van der Waals surface area contributed by atoms with Crippen molar-refractivity contribution in [2.45, 2.75) is 30.3 Å². The quantitative estimate of drug-likeness (QED) is 0.382. The third kappa shape index (κ3) is 1.33. The zero-order chi connectivity index (χ0) is 10.5. The van der Waals surface area contributed by atoms with Crippen LogP contribution in [-0.2, 0) is 13.8 Å². The normalized spacial score (nSPS) is 57.6. The second-order valence-corrected chi connectivity index (χ2v) is 5.21. The van der Waals surface area contributed by atoms with E-state index in [0.717, 1.165) is 0 Å². The van der Waals surface area contributed by atoms with Gasteiger partial charge in [-0.2, -0.15) is 0 Å². The molecule has 2 rings (SSSR count). The summed E-state index contributed by atoms with van der Waals surface area (Å²) < 4.78 is 20.5. The van der Waals surface area contributed by atoms with E-state index in [0.29, 0.717) is 0 Å². The van der Waals surface area contributed by atoms with Gasteiger partial charge in [0.15, 0.2) is 5.85 Å². The number of aliphatic hydroxyl groups excluding tert-OH is 3. The monoisotopic (exact) mass is 226 g/mol. The molecule has 4 N–H and O–H groups in total. The fourth-order valence-corrected chi connectivity index (χ4v) is 3.05. The second kappa shape index (κ2) is 3.24. The molecule has 2 aliphatic rings. The van der Waals surface area contributed by atoms with E-state index >= 15 is 0 Å². The van der Waals surface area contributed by atoms with E-state index in [2.05, 4.69) is 4.52 Å². The van der Waals surface area contributed by atoms with Crippen LogP contribution in [0.3, 0.4) is 0 Å². The fourth-order valence-electron chi connectivity index (χ4n) is 1.62. The van der Waals surface area contributed by atoms with Crippen molar-refractivity contribution in [2.75, 3.05) is 6.61 Å². The molecule has 82 valence electrons. The maximum atomic E-state index is 11.1. The maximum absolute atomic E-state index is 11.1. The summed E-state index contributed by atoms with van der Waals surface area (Å²) in [7, 11) is -3.82. The first-order valence-electron chi connectivity index (χ1n) is 4.10. The minimum absolute atomic E-state index is 0.526. The molecule has 0 saturated carbocycles. The van der Waals surface area contributed by atoms with Crippen LogP contribution in [0.5, 0.6) is 0 Å². The molecule has 2 aliphatic heterocycles. The van der Waals surface area contributed by atoms with Crippen molar-refractivity contribution in [3.8, 4) is 0 Å². The smallest absolute Gasteiger partial charge is 0.359 e. The SMILES string of the molecule is O=P1(O)O[C@@H]2[C@@H](O)[C@@H](O)[C@@H](CO)O[C@@H]21. The highest BCUT2D eigenvalue weighted by atomic mass is 31.2. The van der Waals surface area contributed by atoms with Gasteiger partial charge in [0.2, 0.25) is 0 Å².